The van der Waals surface area contributed by atoms with E-state index in [2.05, 4.69) is 36.3 Å². The highest BCUT2D eigenvalue weighted by Crippen LogP contribution is 2.08. The number of carbonyl (C=O) groups excluding carboxylic acids is 1. The predicted octanol–water partition coefficient (Wildman–Crippen LogP) is 2.00. The first-order chi connectivity index (χ1) is 9.61. The zero-order chi connectivity index (χ0) is 14.8. The van der Waals surface area contributed by atoms with Crippen molar-refractivity contribution in [1.82, 2.24) is 15.5 Å². The molecule has 1 aliphatic rings. The lowest BCUT2D eigenvalue weighted by Gasteiger charge is -2.30. The first kappa shape index (κ1) is 17.4. The Morgan fingerprint density at radius 3 is 2.80 bits per heavy atom. The highest BCUT2D eigenvalue weighted by molar-refractivity contribution is 5.77. The van der Waals surface area contributed by atoms with E-state index < -0.39 is 0 Å². The quantitative estimate of drug-likeness (QED) is 0.680. The molecule has 1 atom stereocenters. The summed E-state index contributed by atoms with van der Waals surface area (Å²) in [5, 5.41) is 6.61. The van der Waals surface area contributed by atoms with Crippen LogP contribution < -0.4 is 10.6 Å². The summed E-state index contributed by atoms with van der Waals surface area (Å²) in [6.07, 6.45) is 6.02. The fourth-order valence-electron chi connectivity index (χ4n) is 2.70. The van der Waals surface area contributed by atoms with Crippen LogP contribution in [0.25, 0.3) is 0 Å². The minimum Gasteiger partial charge on any atom is -0.355 e. The monoisotopic (exact) mass is 283 g/mol. The van der Waals surface area contributed by atoms with Gasteiger partial charge >= 0.3 is 0 Å². The van der Waals surface area contributed by atoms with Gasteiger partial charge in [-0.2, -0.15) is 0 Å². The average Bonchev–Trinajstić information content (AvgIpc) is 2.39. The maximum atomic E-state index is 12.0. The Labute approximate surface area is 124 Å². The fraction of sp³-hybridized carbons (Fsp3) is 0.938. The molecular formula is C16H33N3O. The van der Waals surface area contributed by atoms with Crippen molar-refractivity contribution in [1.29, 1.82) is 0 Å². The van der Waals surface area contributed by atoms with Crippen molar-refractivity contribution in [2.45, 2.75) is 58.9 Å². The summed E-state index contributed by atoms with van der Waals surface area (Å²) in [6.45, 7) is 11.0. The van der Waals surface area contributed by atoms with E-state index in [-0.39, 0.29) is 5.91 Å². The normalized spacial score (nSPS) is 19.6. The summed E-state index contributed by atoms with van der Waals surface area (Å²) in [5.74, 6) is 0.823. The molecule has 118 valence electrons. The summed E-state index contributed by atoms with van der Waals surface area (Å²) < 4.78 is 0. The van der Waals surface area contributed by atoms with Crippen LogP contribution in [0.4, 0.5) is 0 Å². The van der Waals surface area contributed by atoms with Crippen molar-refractivity contribution in [2.24, 2.45) is 5.92 Å². The number of rotatable bonds is 9. The molecule has 1 unspecified atom stereocenters. The molecule has 0 spiro atoms. The summed E-state index contributed by atoms with van der Waals surface area (Å²) >= 11 is 0. The molecule has 1 amide bonds. The molecule has 0 radical (unpaired) electrons. The van der Waals surface area contributed by atoms with Crippen molar-refractivity contribution in [3.05, 3.63) is 0 Å². The van der Waals surface area contributed by atoms with Gasteiger partial charge in [0, 0.05) is 19.1 Å². The average molecular weight is 283 g/mol. The van der Waals surface area contributed by atoms with E-state index in [1.807, 2.05) is 0 Å². The second kappa shape index (κ2) is 10.2. The van der Waals surface area contributed by atoms with E-state index in [9.17, 15) is 4.79 Å². The van der Waals surface area contributed by atoms with Gasteiger partial charge in [-0.1, -0.05) is 27.2 Å². The second-order valence-electron chi connectivity index (χ2n) is 6.41. The van der Waals surface area contributed by atoms with Gasteiger partial charge < -0.3 is 10.6 Å². The molecule has 2 N–H and O–H groups in total. The minimum absolute atomic E-state index is 0.176. The molecule has 0 aromatic heterocycles. The molecule has 1 fully saturated rings. The molecule has 0 aliphatic carbocycles. The van der Waals surface area contributed by atoms with Crippen molar-refractivity contribution >= 4 is 5.91 Å². The molecule has 0 bridgehead atoms. The Morgan fingerprint density at radius 2 is 2.20 bits per heavy atom. The lowest BCUT2D eigenvalue weighted by molar-refractivity contribution is -0.122. The van der Waals surface area contributed by atoms with Crippen molar-refractivity contribution in [3.8, 4) is 0 Å². The zero-order valence-corrected chi connectivity index (χ0v) is 13.6. The number of hydrogen-bond acceptors (Lipinski definition) is 3. The van der Waals surface area contributed by atoms with Crippen molar-refractivity contribution < 1.29 is 4.79 Å². The van der Waals surface area contributed by atoms with Crippen LogP contribution in [0.2, 0.25) is 0 Å². The SMILES string of the molecule is CCCN(CC(=O)NCCC(C)C)CC1CCCCN1. The first-order valence-electron chi connectivity index (χ1n) is 8.34. The fourth-order valence-corrected chi connectivity index (χ4v) is 2.70. The highest BCUT2D eigenvalue weighted by Gasteiger charge is 2.17. The number of hydrogen-bond donors (Lipinski definition) is 2. The highest BCUT2D eigenvalue weighted by atomic mass is 16.2. The Balaban J connectivity index is 2.27. The number of nitrogens with zero attached hydrogens (tertiary/aromatic N) is 1. The molecule has 1 heterocycles. The maximum Gasteiger partial charge on any atom is 0.234 e. The van der Waals surface area contributed by atoms with Gasteiger partial charge in [0.05, 0.1) is 6.54 Å². The molecule has 4 nitrogen and oxygen atoms in total. The van der Waals surface area contributed by atoms with Crippen LogP contribution in [0.15, 0.2) is 0 Å². The lowest BCUT2D eigenvalue weighted by atomic mass is 10.0. The number of carbonyl (C=O) groups is 1. The standard InChI is InChI=1S/C16H33N3O/c1-4-11-19(12-15-7-5-6-9-17-15)13-16(20)18-10-8-14(2)3/h14-15,17H,4-13H2,1-3H3,(H,18,20). The van der Waals surface area contributed by atoms with Crippen LogP contribution >= 0.6 is 0 Å². The van der Waals surface area contributed by atoms with Gasteiger partial charge in [0.25, 0.3) is 0 Å². The van der Waals surface area contributed by atoms with E-state index in [1.54, 1.807) is 0 Å². The Morgan fingerprint density at radius 1 is 1.40 bits per heavy atom. The third-order valence-electron chi connectivity index (χ3n) is 3.84. The minimum atomic E-state index is 0.176. The summed E-state index contributed by atoms with van der Waals surface area (Å²) in [4.78, 5) is 14.3. The summed E-state index contributed by atoms with van der Waals surface area (Å²) in [5.41, 5.74) is 0. The van der Waals surface area contributed by atoms with Crippen LogP contribution in [0.3, 0.4) is 0 Å². The van der Waals surface area contributed by atoms with E-state index >= 15 is 0 Å². The predicted molar refractivity (Wildman–Crippen MR) is 84.8 cm³/mol. The zero-order valence-electron chi connectivity index (χ0n) is 13.6. The molecule has 0 aromatic carbocycles. The third kappa shape index (κ3) is 7.85. The van der Waals surface area contributed by atoms with E-state index in [4.69, 9.17) is 0 Å². The maximum absolute atomic E-state index is 12.0. The van der Waals surface area contributed by atoms with Crippen LogP contribution in [0, 0.1) is 5.92 Å². The van der Waals surface area contributed by atoms with Crippen LogP contribution in [-0.2, 0) is 4.79 Å². The second-order valence-corrected chi connectivity index (χ2v) is 6.41. The van der Waals surface area contributed by atoms with Crippen LogP contribution in [0.5, 0.6) is 0 Å². The van der Waals surface area contributed by atoms with Crippen molar-refractivity contribution in [3.63, 3.8) is 0 Å². The molecule has 20 heavy (non-hydrogen) atoms. The topological polar surface area (TPSA) is 44.4 Å². The Kier molecular flexibility index (Phi) is 8.86. The number of amides is 1. The van der Waals surface area contributed by atoms with Gasteiger partial charge in [-0.05, 0) is 44.7 Å². The van der Waals surface area contributed by atoms with Gasteiger partial charge in [0.2, 0.25) is 5.91 Å². The lowest BCUT2D eigenvalue weighted by Crippen LogP contribution is -2.47. The van der Waals surface area contributed by atoms with Gasteiger partial charge in [0.15, 0.2) is 0 Å². The summed E-state index contributed by atoms with van der Waals surface area (Å²) in [6, 6.07) is 0.568. The van der Waals surface area contributed by atoms with Gasteiger partial charge in [0.1, 0.15) is 0 Å². The molecule has 0 aromatic rings. The molecule has 1 aliphatic heterocycles. The van der Waals surface area contributed by atoms with E-state index in [0.29, 0.717) is 18.5 Å². The van der Waals surface area contributed by atoms with E-state index in [0.717, 1.165) is 39.0 Å². The third-order valence-corrected chi connectivity index (χ3v) is 3.84. The van der Waals surface area contributed by atoms with Gasteiger partial charge in [-0.3, -0.25) is 9.69 Å². The smallest absolute Gasteiger partial charge is 0.234 e. The molecule has 1 saturated heterocycles. The van der Waals surface area contributed by atoms with Gasteiger partial charge in [-0.15, -0.1) is 0 Å². The number of nitrogens with one attached hydrogen (secondary N) is 2. The first-order valence-corrected chi connectivity index (χ1v) is 8.34. The molecule has 4 heteroatoms. The number of piperidine rings is 1. The van der Waals surface area contributed by atoms with Crippen molar-refractivity contribution in [2.75, 3.05) is 32.7 Å². The van der Waals surface area contributed by atoms with E-state index in [1.165, 1.54) is 19.3 Å². The Bertz CT molecular complexity index is 262. The van der Waals surface area contributed by atoms with Gasteiger partial charge in [-0.25, -0.2) is 0 Å². The summed E-state index contributed by atoms with van der Waals surface area (Å²) in [7, 11) is 0. The molecule has 0 saturated carbocycles. The Hall–Kier alpha value is -0.610. The molecule has 1 rings (SSSR count). The molecular weight excluding hydrogens is 250 g/mol. The largest absolute Gasteiger partial charge is 0.355 e. The van der Waals surface area contributed by atoms with Crippen LogP contribution in [-0.4, -0.2) is 49.6 Å². The van der Waals surface area contributed by atoms with Crippen LogP contribution in [0.1, 0.15) is 52.9 Å².